The molecule has 0 aliphatic heterocycles. The lowest BCUT2D eigenvalue weighted by Crippen LogP contribution is -2.39. The van der Waals surface area contributed by atoms with Crippen molar-refractivity contribution in [2.45, 2.75) is 51.0 Å². The third-order valence-corrected chi connectivity index (χ3v) is 4.79. The lowest BCUT2D eigenvalue weighted by Gasteiger charge is -2.23. The highest BCUT2D eigenvalue weighted by atomic mass is 16.5. The standard InChI is InChI=1S/C22H28N2O2/c25-22(23-19-13-5-2-6-14-19)24-20-15-7-8-16-21(20)26-17-9-12-18-10-3-1-4-11-18/h1,3-4,7-8,10-11,15-16,19H,2,5-6,9,12-14,17H2,(H2,23,24,25). The molecule has 0 bridgehead atoms. The number of nitrogens with one attached hydrogen (secondary N) is 2. The second-order valence-corrected chi connectivity index (χ2v) is 6.87. The summed E-state index contributed by atoms with van der Waals surface area (Å²) in [5.74, 6) is 0.722. The van der Waals surface area contributed by atoms with Gasteiger partial charge < -0.3 is 15.4 Å². The Balaban J connectivity index is 1.46. The van der Waals surface area contributed by atoms with E-state index in [1.807, 2.05) is 30.3 Å². The van der Waals surface area contributed by atoms with Crippen molar-refractivity contribution in [1.82, 2.24) is 5.32 Å². The monoisotopic (exact) mass is 352 g/mol. The molecule has 3 rings (SSSR count). The summed E-state index contributed by atoms with van der Waals surface area (Å²) in [7, 11) is 0. The van der Waals surface area contributed by atoms with Crippen LogP contribution in [0.4, 0.5) is 10.5 Å². The molecule has 4 heteroatoms. The number of carbonyl (C=O) groups is 1. The van der Waals surface area contributed by atoms with Gasteiger partial charge in [0.05, 0.1) is 12.3 Å². The molecule has 4 nitrogen and oxygen atoms in total. The number of benzene rings is 2. The van der Waals surface area contributed by atoms with E-state index in [-0.39, 0.29) is 6.03 Å². The Kier molecular flexibility index (Phi) is 6.94. The summed E-state index contributed by atoms with van der Waals surface area (Å²) in [6, 6.07) is 18.2. The minimum absolute atomic E-state index is 0.141. The van der Waals surface area contributed by atoms with Gasteiger partial charge in [0.15, 0.2) is 0 Å². The topological polar surface area (TPSA) is 50.4 Å². The molecular weight excluding hydrogens is 324 g/mol. The third-order valence-electron chi connectivity index (χ3n) is 4.79. The SMILES string of the molecule is O=C(Nc1ccccc1OCCCc1ccccc1)NC1CCCCC1. The van der Waals surface area contributed by atoms with Crippen LogP contribution in [0.2, 0.25) is 0 Å². The van der Waals surface area contributed by atoms with E-state index in [2.05, 4.69) is 34.9 Å². The lowest BCUT2D eigenvalue weighted by molar-refractivity contribution is 0.244. The van der Waals surface area contributed by atoms with Crippen molar-refractivity contribution in [1.29, 1.82) is 0 Å². The van der Waals surface area contributed by atoms with Crippen molar-refractivity contribution in [3.8, 4) is 5.75 Å². The Bertz CT molecular complexity index is 682. The van der Waals surface area contributed by atoms with Crippen molar-refractivity contribution in [2.75, 3.05) is 11.9 Å². The fraction of sp³-hybridized carbons (Fsp3) is 0.409. The van der Waals surface area contributed by atoms with Crippen LogP contribution in [-0.4, -0.2) is 18.7 Å². The van der Waals surface area contributed by atoms with Gasteiger partial charge in [-0.2, -0.15) is 0 Å². The zero-order valence-electron chi connectivity index (χ0n) is 15.2. The minimum atomic E-state index is -0.141. The maximum absolute atomic E-state index is 12.3. The number of rotatable bonds is 7. The molecule has 0 saturated heterocycles. The molecule has 0 heterocycles. The molecule has 1 aliphatic carbocycles. The molecule has 0 atom stereocenters. The average Bonchev–Trinajstić information content (AvgIpc) is 2.68. The maximum atomic E-state index is 12.3. The molecular formula is C22H28N2O2. The number of amides is 2. The summed E-state index contributed by atoms with van der Waals surface area (Å²) in [6.45, 7) is 0.623. The first-order valence-electron chi connectivity index (χ1n) is 9.64. The number of hydrogen-bond donors (Lipinski definition) is 2. The van der Waals surface area contributed by atoms with Crippen molar-refractivity contribution < 1.29 is 9.53 Å². The van der Waals surface area contributed by atoms with E-state index < -0.39 is 0 Å². The van der Waals surface area contributed by atoms with E-state index >= 15 is 0 Å². The number of urea groups is 1. The summed E-state index contributed by atoms with van der Waals surface area (Å²) in [6.07, 6.45) is 7.75. The summed E-state index contributed by atoms with van der Waals surface area (Å²) in [5.41, 5.74) is 2.04. The second-order valence-electron chi connectivity index (χ2n) is 6.87. The van der Waals surface area contributed by atoms with Gasteiger partial charge >= 0.3 is 6.03 Å². The van der Waals surface area contributed by atoms with E-state index in [1.165, 1.54) is 24.8 Å². The van der Waals surface area contributed by atoms with Crippen LogP contribution in [0, 0.1) is 0 Å². The Labute approximate surface area is 156 Å². The summed E-state index contributed by atoms with van der Waals surface area (Å²) < 4.78 is 5.91. The van der Waals surface area contributed by atoms with E-state index in [4.69, 9.17) is 4.74 Å². The lowest BCUT2D eigenvalue weighted by atomic mass is 9.96. The van der Waals surface area contributed by atoms with E-state index in [0.717, 1.165) is 37.1 Å². The molecule has 0 aromatic heterocycles. The van der Waals surface area contributed by atoms with Crippen LogP contribution in [0.1, 0.15) is 44.1 Å². The molecule has 138 valence electrons. The molecule has 0 radical (unpaired) electrons. The number of carbonyl (C=O) groups excluding carboxylic acids is 1. The normalized spacial score (nSPS) is 14.6. The van der Waals surface area contributed by atoms with Gasteiger partial charge in [-0.05, 0) is 43.4 Å². The largest absolute Gasteiger partial charge is 0.491 e. The first kappa shape index (κ1) is 18.3. The molecule has 1 aliphatic rings. The summed E-state index contributed by atoms with van der Waals surface area (Å²) in [4.78, 5) is 12.3. The van der Waals surface area contributed by atoms with Crippen LogP contribution in [0.5, 0.6) is 5.75 Å². The number of ether oxygens (including phenoxy) is 1. The van der Waals surface area contributed by atoms with Crippen LogP contribution >= 0.6 is 0 Å². The van der Waals surface area contributed by atoms with Gasteiger partial charge in [0.1, 0.15) is 5.75 Å². The number of para-hydroxylation sites is 2. The van der Waals surface area contributed by atoms with Crippen molar-refractivity contribution in [3.05, 3.63) is 60.2 Å². The number of anilines is 1. The maximum Gasteiger partial charge on any atom is 0.319 e. The molecule has 2 aromatic carbocycles. The van der Waals surface area contributed by atoms with Gasteiger partial charge in [-0.15, -0.1) is 0 Å². The zero-order chi connectivity index (χ0) is 18.0. The highest BCUT2D eigenvalue weighted by Crippen LogP contribution is 2.24. The highest BCUT2D eigenvalue weighted by molar-refractivity contribution is 5.91. The van der Waals surface area contributed by atoms with Gasteiger partial charge in [-0.1, -0.05) is 61.7 Å². The average molecular weight is 352 g/mol. The van der Waals surface area contributed by atoms with Crippen molar-refractivity contribution in [3.63, 3.8) is 0 Å². The molecule has 2 N–H and O–H groups in total. The van der Waals surface area contributed by atoms with E-state index in [9.17, 15) is 4.79 Å². The Hall–Kier alpha value is -2.49. The molecule has 1 saturated carbocycles. The van der Waals surface area contributed by atoms with Crippen LogP contribution in [-0.2, 0) is 6.42 Å². The fourth-order valence-electron chi connectivity index (χ4n) is 3.39. The molecule has 2 aromatic rings. The van der Waals surface area contributed by atoms with Crippen LogP contribution in [0.15, 0.2) is 54.6 Å². The van der Waals surface area contributed by atoms with E-state index in [0.29, 0.717) is 12.6 Å². The predicted octanol–water partition coefficient (Wildman–Crippen LogP) is 5.15. The van der Waals surface area contributed by atoms with Crippen molar-refractivity contribution >= 4 is 11.7 Å². The summed E-state index contributed by atoms with van der Waals surface area (Å²) >= 11 is 0. The van der Waals surface area contributed by atoms with Crippen LogP contribution in [0.3, 0.4) is 0 Å². The minimum Gasteiger partial charge on any atom is -0.491 e. The predicted molar refractivity (Wildman–Crippen MR) is 106 cm³/mol. The molecule has 26 heavy (non-hydrogen) atoms. The second kappa shape index (κ2) is 9.85. The smallest absolute Gasteiger partial charge is 0.319 e. The number of hydrogen-bond acceptors (Lipinski definition) is 2. The van der Waals surface area contributed by atoms with Gasteiger partial charge in [-0.25, -0.2) is 4.79 Å². The summed E-state index contributed by atoms with van der Waals surface area (Å²) in [5, 5.41) is 6.02. The van der Waals surface area contributed by atoms with Crippen molar-refractivity contribution in [2.24, 2.45) is 0 Å². The van der Waals surface area contributed by atoms with Crippen LogP contribution < -0.4 is 15.4 Å². The van der Waals surface area contributed by atoms with Gasteiger partial charge in [0, 0.05) is 6.04 Å². The molecule has 0 spiro atoms. The third kappa shape index (κ3) is 5.80. The van der Waals surface area contributed by atoms with Gasteiger partial charge in [0.2, 0.25) is 0 Å². The Morgan fingerprint density at radius 2 is 1.69 bits per heavy atom. The highest BCUT2D eigenvalue weighted by Gasteiger charge is 2.16. The Morgan fingerprint density at radius 3 is 2.50 bits per heavy atom. The first-order valence-corrected chi connectivity index (χ1v) is 9.64. The fourth-order valence-corrected chi connectivity index (χ4v) is 3.39. The van der Waals surface area contributed by atoms with Gasteiger partial charge in [0.25, 0.3) is 0 Å². The Morgan fingerprint density at radius 1 is 0.962 bits per heavy atom. The molecule has 1 fully saturated rings. The first-order chi connectivity index (χ1) is 12.8. The molecule has 2 amide bonds. The van der Waals surface area contributed by atoms with Crippen LogP contribution in [0.25, 0.3) is 0 Å². The number of aryl methyl sites for hydroxylation is 1. The van der Waals surface area contributed by atoms with E-state index in [1.54, 1.807) is 0 Å². The van der Waals surface area contributed by atoms with Gasteiger partial charge in [-0.3, -0.25) is 0 Å². The molecule has 0 unspecified atom stereocenters. The zero-order valence-corrected chi connectivity index (χ0v) is 15.2. The quantitative estimate of drug-likeness (QED) is 0.677.